The zero-order valence-corrected chi connectivity index (χ0v) is 16.9. The van der Waals surface area contributed by atoms with E-state index in [1.54, 1.807) is 12.1 Å². The first kappa shape index (κ1) is 19.2. The van der Waals surface area contributed by atoms with Gasteiger partial charge in [0.1, 0.15) is 0 Å². The molecule has 5 aromatic rings. The maximum Gasteiger partial charge on any atom is 0.314 e. The van der Waals surface area contributed by atoms with Crippen LogP contribution in [0.25, 0.3) is 33.8 Å². The second-order valence-electron chi connectivity index (χ2n) is 6.82. The minimum absolute atomic E-state index is 0.0222. The normalized spacial score (nSPS) is 11.6. The van der Waals surface area contributed by atoms with Gasteiger partial charge in [-0.25, -0.2) is 4.68 Å². The molecule has 1 aromatic carbocycles. The molecule has 0 aliphatic carbocycles. The molecule has 0 bridgehead atoms. The average molecular weight is 440 g/mol. The Balaban J connectivity index is 1.37. The molecule has 5 rings (SSSR count). The number of rotatable bonds is 5. The quantitative estimate of drug-likeness (QED) is 0.363. The van der Waals surface area contributed by atoms with Gasteiger partial charge in [-0.1, -0.05) is 0 Å². The first-order chi connectivity index (χ1) is 15.0. The van der Waals surface area contributed by atoms with Crippen LogP contribution in [0.5, 0.6) is 0 Å². The highest BCUT2D eigenvalue weighted by atomic mass is 32.1. The molecule has 0 spiro atoms. The van der Waals surface area contributed by atoms with Gasteiger partial charge < -0.3 is 13.4 Å². The molecular formula is C20H14F2N6O2S. The van der Waals surface area contributed by atoms with Crippen LogP contribution in [0.4, 0.5) is 8.78 Å². The third kappa shape index (κ3) is 3.63. The number of alkyl halides is 2. The number of hydrogen-bond acceptors (Lipinski definition) is 7. The predicted octanol–water partition coefficient (Wildman–Crippen LogP) is 4.80. The van der Waals surface area contributed by atoms with E-state index in [9.17, 15) is 8.78 Å². The lowest BCUT2D eigenvalue weighted by Gasteiger charge is -2.01. The standard InChI is InChI=1S/C20H14F2N6O2S/c1-27-7-6-11-8-12(3-5-15(11)27)18-26-28(20(31)30-18)10-14-4-2-13(9-23-14)17-24-25-19(29-17)16(21)22/h2-9,16H,10H2,1H3. The average Bonchev–Trinajstić information content (AvgIpc) is 3.48. The van der Waals surface area contributed by atoms with E-state index in [2.05, 4.69) is 20.3 Å². The number of halogens is 2. The van der Waals surface area contributed by atoms with Crippen LogP contribution < -0.4 is 0 Å². The van der Waals surface area contributed by atoms with Gasteiger partial charge >= 0.3 is 6.43 Å². The molecule has 11 heteroatoms. The second kappa shape index (κ2) is 7.51. The van der Waals surface area contributed by atoms with Crippen molar-refractivity contribution >= 4 is 23.1 Å². The Morgan fingerprint density at radius 3 is 2.61 bits per heavy atom. The monoisotopic (exact) mass is 440 g/mol. The van der Waals surface area contributed by atoms with Crippen LogP contribution in [0.3, 0.4) is 0 Å². The van der Waals surface area contributed by atoms with Gasteiger partial charge in [-0.15, -0.1) is 15.3 Å². The molecule has 0 radical (unpaired) electrons. The Morgan fingerprint density at radius 1 is 1.03 bits per heavy atom. The molecule has 0 fully saturated rings. The molecule has 0 unspecified atom stereocenters. The fraction of sp³-hybridized carbons (Fsp3) is 0.150. The summed E-state index contributed by atoms with van der Waals surface area (Å²) in [5.74, 6) is -0.335. The molecule has 0 atom stereocenters. The van der Waals surface area contributed by atoms with Crippen molar-refractivity contribution in [2.45, 2.75) is 13.0 Å². The molecule has 4 aromatic heterocycles. The van der Waals surface area contributed by atoms with Crippen molar-refractivity contribution in [2.75, 3.05) is 0 Å². The number of hydrogen-bond donors (Lipinski definition) is 0. The Morgan fingerprint density at radius 2 is 1.87 bits per heavy atom. The van der Waals surface area contributed by atoms with Crippen LogP contribution in [-0.4, -0.2) is 29.5 Å². The van der Waals surface area contributed by atoms with E-state index in [0.29, 0.717) is 17.1 Å². The summed E-state index contributed by atoms with van der Waals surface area (Å²) in [4.78, 5) is 4.52. The first-order valence-electron chi connectivity index (χ1n) is 9.18. The molecular weight excluding hydrogens is 426 g/mol. The van der Waals surface area contributed by atoms with Crippen LogP contribution in [0.15, 0.2) is 57.6 Å². The summed E-state index contributed by atoms with van der Waals surface area (Å²) in [6.45, 7) is 0.280. The summed E-state index contributed by atoms with van der Waals surface area (Å²) in [6.07, 6.45) is 0.631. The zero-order chi connectivity index (χ0) is 21.5. The fourth-order valence-electron chi connectivity index (χ4n) is 3.17. The minimum Gasteiger partial charge on any atom is -0.415 e. The molecule has 0 saturated heterocycles. The number of nitrogens with zero attached hydrogens (tertiary/aromatic N) is 6. The fourth-order valence-corrected chi connectivity index (χ4v) is 3.36. The SMILES string of the molecule is Cn1ccc2cc(-c3nn(Cc4ccc(-c5nnc(C(F)F)o5)cn4)c(=S)o3)ccc21. The molecule has 31 heavy (non-hydrogen) atoms. The highest BCUT2D eigenvalue weighted by molar-refractivity contribution is 7.71. The van der Waals surface area contributed by atoms with E-state index in [4.69, 9.17) is 21.1 Å². The van der Waals surface area contributed by atoms with E-state index in [-0.39, 0.29) is 17.3 Å². The van der Waals surface area contributed by atoms with Gasteiger partial charge in [-0.05, 0) is 48.6 Å². The zero-order valence-electron chi connectivity index (χ0n) is 16.1. The van der Waals surface area contributed by atoms with Crippen molar-refractivity contribution in [2.24, 2.45) is 7.05 Å². The molecule has 156 valence electrons. The molecule has 4 heterocycles. The minimum atomic E-state index is -2.82. The van der Waals surface area contributed by atoms with Crippen LogP contribution >= 0.6 is 12.2 Å². The molecule has 0 aliphatic heterocycles. The van der Waals surface area contributed by atoms with Crippen molar-refractivity contribution in [3.05, 3.63) is 65.2 Å². The van der Waals surface area contributed by atoms with Gasteiger partial charge in [0.05, 0.1) is 17.8 Å². The molecule has 0 amide bonds. The summed E-state index contributed by atoms with van der Waals surface area (Å²) >= 11 is 5.30. The predicted molar refractivity (Wildman–Crippen MR) is 109 cm³/mol. The van der Waals surface area contributed by atoms with Crippen molar-refractivity contribution in [1.82, 2.24) is 29.5 Å². The Hall–Kier alpha value is -3.73. The third-order valence-corrected chi connectivity index (χ3v) is 5.04. The number of aromatic nitrogens is 6. The maximum absolute atomic E-state index is 12.6. The highest BCUT2D eigenvalue weighted by Gasteiger charge is 2.17. The van der Waals surface area contributed by atoms with Crippen LogP contribution in [-0.2, 0) is 13.6 Å². The highest BCUT2D eigenvalue weighted by Crippen LogP contribution is 2.25. The largest absolute Gasteiger partial charge is 0.415 e. The topological polar surface area (TPSA) is 87.7 Å². The van der Waals surface area contributed by atoms with Crippen LogP contribution in [0, 0.1) is 4.84 Å². The molecule has 0 aliphatic rings. The number of pyridine rings is 1. The summed E-state index contributed by atoms with van der Waals surface area (Å²) in [7, 11) is 1.98. The van der Waals surface area contributed by atoms with Crippen molar-refractivity contribution in [3.63, 3.8) is 0 Å². The van der Waals surface area contributed by atoms with Gasteiger partial charge in [0.2, 0.25) is 11.8 Å². The van der Waals surface area contributed by atoms with Crippen molar-refractivity contribution in [1.29, 1.82) is 0 Å². The van der Waals surface area contributed by atoms with E-state index >= 15 is 0 Å². The Bertz CT molecular complexity index is 1430. The Labute approximate surface area is 178 Å². The van der Waals surface area contributed by atoms with Crippen molar-refractivity contribution in [3.8, 4) is 22.9 Å². The van der Waals surface area contributed by atoms with E-state index in [1.807, 2.05) is 42.1 Å². The lowest BCUT2D eigenvalue weighted by atomic mass is 10.1. The van der Waals surface area contributed by atoms with E-state index in [1.165, 1.54) is 10.9 Å². The molecule has 0 saturated carbocycles. The van der Waals surface area contributed by atoms with Crippen LogP contribution in [0.2, 0.25) is 0 Å². The van der Waals surface area contributed by atoms with Gasteiger partial charge in [0.15, 0.2) is 0 Å². The third-order valence-electron chi connectivity index (χ3n) is 4.75. The summed E-state index contributed by atoms with van der Waals surface area (Å²) < 4.78 is 39.4. The smallest absolute Gasteiger partial charge is 0.314 e. The lowest BCUT2D eigenvalue weighted by Crippen LogP contribution is -2.03. The number of aryl methyl sites for hydroxylation is 1. The van der Waals surface area contributed by atoms with E-state index in [0.717, 1.165) is 16.5 Å². The summed E-state index contributed by atoms with van der Waals surface area (Å²) in [5, 5.41) is 12.5. The number of benzene rings is 1. The van der Waals surface area contributed by atoms with Gasteiger partial charge in [-0.3, -0.25) is 4.98 Å². The Kier molecular flexibility index (Phi) is 4.66. The molecule has 8 nitrogen and oxygen atoms in total. The summed E-state index contributed by atoms with van der Waals surface area (Å²) in [6, 6.07) is 11.3. The maximum atomic E-state index is 12.6. The summed E-state index contributed by atoms with van der Waals surface area (Å²) in [5.41, 5.74) is 3.00. The van der Waals surface area contributed by atoms with E-state index < -0.39 is 12.3 Å². The van der Waals surface area contributed by atoms with Gasteiger partial charge in [-0.2, -0.15) is 8.78 Å². The second-order valence-corrected chi connectivity index (χ2v) is 7.16. The van der Waals surface area contributed by atoms with Crippen LogP contribution in [0.1, 0.15) is 18.0 Å². The van der Waals surface area contributed by atoms with Crippen molar-refractivity contribution < 1.29 is 17.6 Å². The van der Waals surface area contributed by atoms with Gasteiger partial charge in [0.25, 0.3) is 10.7 Å². The first-order valence-corrected chi connectivity index (χ1v) is 9.59. The lowest BCUT2D eigenvalue weighted by molar-refractivity contribution is 0.116. The number of fused-ring (bicyclic) bond motifs is 1. The van der Waals surface area contributed by atoms with Gasteiger partial charge in [0, 0.05) is 35.9 Å². The molecule has 0 N–H and O–H groups in total.